The normalized spacial score (nSPS) is 17.7. The van der Waals surface area contributed by atoms with Crippen molar-refractivity contribution in [2.45, 2.75) is 24.2 Å². The first-order valence-corrected chi connectivity index (χ1v) is 8.55. The van der Waals surface area contributed by atoms with Gasteiger partial charge in [0.1, 0.15) is 0 Å². The zero-order valence-corrected chi connectivity index (χ0v) is 11.6. The smallest absolute Gasteiger partial charge is 0.0125 e. The molecule has 0 radical (unpaired) electrons. The summed E-state index contributed by atoms with van der Waals surface area (Å²) in [6.45, 7) is 0. The quantitative estimate of drug-likeness (QED) is 0.726. The zero-order valence-electron chi connectivity index (χ0n) is 10.7. The Balaban J connectivity index is 1.80. The summed E-state index contributed by atoms with van der Waals surface area (Å²) < 4.78 is 0. The predicted molar refractivity (Wildman–Crippen MR) is 82.7 cm³/mol. The first-order chi connectivity index (χ1) is 8.93. The van der Waals surface area contributed by atoms with Gasteiger partial charge in [-0.25, -0.2) is 10.9 Å². The summed E-state index contributed by atoms with van der Waals surface area (Å²) in [5, 5.41) is 0. The highest BCUT2D eigenvalue weighted by Gasteiger charge is 2.11. The second kappa shape index (κ2) is 5.62. The van der Waals surface area contributed by atoms with E-state index in [0.29, 0.717) is 0 Å². The van der Waals surface area contributed by atoms with E-state index in [9.17, 15) is 0 Å². The standard InChI is InChI=1S/C17H20S/c1-3-7-15(8-4-1)16-9-11-17(12-10-16)18-13-5-2-6-14-18/h1,3-4,7-12,18H,2,5-6,13-14H2. The van der Waals surface area contributed by atoms with E-state index >= 15 is 0 Å². The van der Waals surface area contributed by atoms with Gasteiger partial charge in [-0.05, 0) is 52.5 Å². The van der Waals surface area contributed by atoms with Crippen LogP contribution in [0, 0.1) is 0 Å². The number of rotatable bonds is 2. The topological polar surface area (TPSA) is 0 Å². The highest BCUT2D eigenvalue weighted by molar-refractivity contribution is 8.17. The van der Waals surface area contributed by atoms with Crippen LogP contribution >= 0.6 is 10.9 Å². The van der Waals surface area contributed by atoms with E-state index < -0.39 is 0 Å². The molecule has 0 nitrogen and oxygen atoms in total. The number of hydrogen-bond donors (Lipinski definition) is 1. The molecule has 94 valence electrons. The molecule has 0 spiro atoms. The SMILES string of the molecule is c1ccc(-c2ccc([SH]3CCCCC3)cc2)cc1. The third-order valence-electron chi connectivity index (χ3n) is 3.70. The fourth-order valence-electron chi connectivity index (χ4n) is 2.65. The molecule has 0 unspecified atom stereocenters. The molecular weight excluding hydrogens is 236 g/mol. The fraction of sp³-hybridized carbons (Fsp3) is 0.294. The molecule has 0 atom stereocenters. The van der Waals surface area contributed by atoms with Gasteiger partial charge in [0, 0.05) is 0 Å². The summed E-state index contributed by atoms with van der Waals surface area (Å²) in [5.41, 5.74) is 2.66. The van der Waals surface area contributed by atoms with Crippen molar-refractivity contribution in [1.29, 1.82) is 0 Å². The first-order valence-electron chi connectivity index (χ1n) is 6.84. The number of thiol groups is 1. The highest BCUT2D eigenvalue weighted by Crippen LogP contribution is 2.41. The van der Waals surface area contributed by atoms with E-state index in [2.05, 4.69) is 54.6 Å². The van der Waals surface area contributed by atoms with Gasteiger partial charge >= 0.3 is 0 Å². The Bertz CT molecular complexity index is 481. The monoisotopic (exact) mass is 256 g/mol. The molecule has 1 saturated heterocycles. The molecule has 0 bridgehead atoms. The molecule has 2 aromatic rings. The Morgan fingerprint density at radius 2 is 1.22 bits per heavy atom. The second-order valence-corrected chi connectivity index (χ2v) is 7.45. The Morgan fingerprint density at radius 3 is 1.89 bits per heavy atom. The van der Waals surface area contributed by atoms with Gasteiger partial charge in [-0.1, -0.05) is 48.9 Å². The summed E-state index contributed by atoms with van der Waals surface area (Å²) in [5.74, 6) is 2.89. The minimum Gasteiger partial charge on any atom is -0.227 e. The third kappa shape index (κ3) is 2.62. The van der Waals surface area contributed by atoms with E-state index in [4.69, 9.17) is 0 Å². The largest absolute Gasteiger partial charge is 0.227 e. The van der Waals surface area contributed by atoms with E-state index in [1.807, 2.05) is 0 Å². The van der Waals surface area contributed by atoms with Crippen LogP contribution in [-0.2, 0) is 0 Å². The second-order valence-electron chi connectivity index (χ2n) is 4.96. The molecule has 1 aliphatic rings. The lowest BCUT2D eigenvalue weighted by Gasteiger charge is -2.26. The summed E-state index contributed by atoms with van der Waals surface area (Å²) in [4.78, 5) is 1.60. The molecule has 0 aliphatic carbocycles. The third-order valence-corrected chi connectivity index (χ3v) is 6.44. The van der Waals surface area contributed by atoms with E-state index in [1.54, 1.807) is 4.90 Å². The molecule has 1 aliphatic heterocycles. The van der Waals surface area contributed by atoms with E-state index in [1.165, 1.54) is 41.9 Å². The van der Waals surface area contributed by atoms with Crippen molar-refractivity contribution < 1.29 is 0 Å². The lowest BCUT2D eigenvalue weighted by atomic mass is 10.1. The lowest BCUT2D eigenvalue weighted by Crippen LogP contribution is -2.02. The molecule has 0 amide bonds. The zero-order chi connectivity index (χ0) is 12.2. The number of hydrogen-bond acceptors (Lipinski definition) is 0. The van der Waals surface area contributed by atoms with Gasteiger partial charge in [0.15, 0.2) is 0 Å². The van der Waals surface area contributed by atoms with E-state index in [0.717, 1.165) is 0 Å². The molecule has 0 saturated carbocycles. The Hall–Kier alpha value is -1.21. The van der Waals surface area contributed by atoms with Gasteiger partial charge in [-0.15, -0.1) is 0 Å². The Kier molecular flexibility index (Phi) is 3.70. The van der Waals surface area contributed by atoms with Gasteiger partial charge in [-0.2, -0.15) is 0 Å². The van der Waals surface area contributed by atoms with Gasteiger partial charge in [0.25, 0.3) is 0 Å². The van der Waals surface area contributed by atoms with Gasteiger partial charge in [0.05, 0.1) is 0 Å². The molecule has 2 aromatic carbocycles. The van der Waals surface area contributed by atoms with Crippen molar-refractivity contribution in [2.75, 3.05) is 11.5 Å². The maximum absolute atomic E-state index is 2.36. The van der Waals surface area contributed by atoms with Crippen LogP contribution in [0.15, 0.2) is 59.5 Å². The first kappa shape index (κ1) is 11.9. The molecule has 18 heavy (non-hydrogen) atoms. The summed E-state index contributed by atoms with van der Waals surface area (Å²) >= 11 is 0. The maximum atomic E-state index is 2.36. The van der Waals surface area contributed by atoms with Crippen LogP contribution in [-0.4, -0.2) is 11.5 Å². The minimum atomic E-state index is 0.152. The summed E-state index contributed by atoms with van der Waals surface area (Å²) in [7, 11) is 0.152. The average Bonchev–Trinajstić information content (AvgIpc) is 2.49. The van der Waals surface area contributed by atoms with Crippen molar-refractivity contribution in [3.8, 4) is 11.1 Å². The van der Waals surface area contributed by atoms with Crippen molar-refractivity contribution >= 4 is 10.9 Å². The maximum Gasteiger partial charge on any atom is -0.0125 e. The molecule has 1 heterocycles. The number of benzene rings is 2. The molecule has 1 fully saturated rings. The van der Waals surface area contributed by atoms with Crippen LogP contribution in [0.25, 0.3) is 11.1 Å². The van der Waals surface area contributed by atoms with Crippen LogP contribution < -0.4 is 0 Å². The van der Waals surface area contributed by atoms with Gasteiger partial charge < -0.3 is 0 Å². The van der Waals surface area contributed by atoms with Crippen LogP contribution in [0.4, 0.5) is 0 Å². The Labute approximate surface area is 112 Å². The highest BCUT2D eigenvalue weighted by atomic mass is 32.2. The predicted octanol–water partition coefficient (Wildman–Crippen LogP) is 4.90. The van der Waals surface area contributed by atoms with E-state index in [-0.39, 0.29) is 10.9 Å². The lowest BCUT2D eigenvalue weighted by molar-refractivity contribution is 0.758. The van der Waals surface area contributed by atoms with Crippen molar-refractivity contribution in [3.05, 3.63) is 54.6 Å². The molecule has 0 N–H and O–H groups in total. The van der Waals surface area contributed by atoms with Crippen LogP contribution in [0.2, 0.25) is 0 Å². The molecule has 3 rings (SSSR count). The van der Waals surface area contributed by atoms with Crippen LogP contribution in [0.1, 0.15) is 19.3 Å². The van der Waals surface area contributed by atoms with Crippen LogP contribution in [0.3, 0.4) is 0 Å². The summed E-state index contributed by atoms with van der Waals surface area (Å²) in [6.07, 6.45) is 4.32. The fourth-order valence-corrected chi connectivity index (χ4v) is 5.17. The molecular formula is C17H20S. The molecule has 1 heteroatoms. The van der Waals surface area contributed by atoms with Gasteiger partial charge in [-0.3, -0.25) is 0 Å². The molecule has 0 aromatic heterocycles. The average molecular weight is 256 g/mol. The summed E-state index contributed by atoms with van der Waals surface area (Å²) in [6, 6.07) is 20.0. The van der Waals surface area contributed by atoms with Crippen molar-refractivity contribution in [1.82, 2.24) is 0 Å². The van der Waals surface area contributed by atoms with Gasteiger partial charge in [0.2, 0.25) is 0 Å². The Morgan fingerprint density at radius 1 is 0.611 bits per heavy atom. The van der Waals surface area contributed by atoms with Crippen LogP contribution in [0.5, 0.6) is 0 Å². The minimum absolute atomic E-state index is 0.152. The van der Waals surface area contributed by atoms with Crippen molar-refractivity contribution in [2.24, 2.45) is 0 Å². The van der Waals surface area contributed by atoms with Crippen molar-refractivity contribution in [3.63, 3.8) is 0 Å².